The Bertz CT molecular complexity index is 409. The summed E-state index contributed by atoms with van der Waals surface area (Å²) in [4.78, 5) is 10.8. The van der Waals surface area contributed by atoms with E-state index in [9.17, 15) is 9.18 Å². The molecule has 3 unspecified atom stereocenters. The molecule has 0 aliphatic rings. The second kappa shape index (κ2) is 6.50. The van der Waals surface area contributed by atoms with Crippen LogP contribution in [-0.2, 0) is 11.2 Å². The van der Waals surface area contributed by atoms with Crippen LogP contribution in [0.4, 0.5) is 4.39 Å². The Balaban J connectivity index is 2.54. The van der Waals surface area contributed by atoms with E-state index in [2.05, 4.69) is 0 Å². The highest BCUT2D eigenvalue weighted by atomic mass is 19.1. The summed E-state index contributed by atoms with van der Waals surface area (Å²) in [5.41, 5.74) is 6.49. The highest BCUT2D eigenvalue weighted by Gasteiger charge is 2.22. The number of hydrogen-bond donors (Lipinski definition) is 2. The molecular formula is C14H20FNO2. The third-order valence-corrected chi connectivity index (χ3v) is 3.23. The van der Waals surface area contributed by atoms with Crippen molar-refractivity contribution in [2.24, 2.45) is 17.6 Å². The van der Waals surface area contributed by atoms with Crippen molar-refractivity contribution < 1.29 is 14.3 Å². The van der Waals surface area contributed by atoms with Crippen LogP contribution in [0.3, 0.4) is 0 Å². The van der Waals surface area contributed by atoms with E-state index in [1.54, 1.807) is 25.1 Å². The number of halogens is 1. The maximum atomic E-state index is 13.4. The summed E-state index contributed by atoms with van der Waals surface area (Å²) in [5.74, 6) is -1.53. The number of carboxylic acids is 1. The highest BCUT2D eigenvalue weighted by Crippen LogP contribution is 2.18. The minimum Gasteiger partial charge on any atom is -0.481 e. The van der Waals surface area contributed by atoms with Crippen molar-refractivity contribution >= 4 is 5.97 Å². The van der Waals surface area contributed by atoms with E-state index in [4.69, 9.17) is 10.8 Å². The van der Waals surface area contributed by atoms with Crippen molar-refractivity contribution in [3.63, 3.8) is 0 Å². The van der Waals surface area contributed by atoms with Crippen LogP contribution in [0.15, 0.2) is 24.3 Å². The van der Waals surface area contributed by atoms with Gasteiger partial charge in [-0.3, -0.25) is 4.79 Å². The molecule has 1 rings (SSSR count). The molecule has 0 bridgehead atoms. The Kier molecular flexibility index (Phi) is 5.28. The van der Waals surface area contributed by atoms with Crippen LogP contribution in [0.5, 0.6) is 0 Å². The minimum atomic E-state index is -0.888. The lowest BCUT2D eigenvalue weighted by Gasteiger charge is -2.20. The molecule has 0 saturated carbocycles. The van der Waals surface area contributed by atoms with Crippen molar-refractivity contribution in [1.82, 2.24) is 0 Å². The summed E-state index contributed by atoms with van der Waals surface area (Å²) in [5, 5.41) is 8.86. The van der Waals surface area contributed by atoms with E-state index >= 15 is 0 Å². The summed E-state index contributed by atoms with van der Waals surface area (Å²) in [6.07, 6.45) is 1.15. The first-order valence-electron chi connectivity index (χ1n) is 6.13. The topological polar surface area (TPSA) is 63.3 Å². The first-order valence-corrected chi connectivity index (χ1v) is 6.13. The van der Waals surface area contributed by atoms with E-state index in [0.717, 1.165) is 0 Å². The number of carboxylic acid groups (broad SMARTS) is 1. The van der Waals surface area contributed by atoms with Gasteiger partial charge < -0.3 is 10.8 Å². The van der Waals surface area contributed by atoms with E-state index < -0.39 is 17.9 Å². The largest absolute Gasteiger partial charge is 0.481 e. The van der Waals surface area contributed by atoms with Gasteiger partial charge in [0.2, 0.25) is 0 Å². The summed E-state index contributed by atoms with van der Waals surface area (Å²) < 4.78 is 13.4. The van der Waals surface area contributed by atoms with Crippen molar-refractivity contribution in [2.75, 3.05) is 0 Å². The average Bonchev–Trinajstić information content (AvgIpc) is 2.30. The molecule has 0 radical (unpaired) electrons. The number of rotatable bonds is 6. The molecule has 18 heavy (non-hydrogen) atoms. The number of aliphatic carboxylic acids is 1. The summed E-state index contributed by atoms with van der Waals surface area (Å²) in [6.45, 7) is 3.56. The molecule has 0 aliphatic heterocycles. The Hall–Kier alpha value is -1.42. The molecule has 3 atom stereocenters. The average molecular weight is 253 g/mol. The number of hydrogen-bond acceptors (Lipinski definition) is 2. The van der Waals surface area contributed by atoms with Gasteiger partial charge in [0.1, 0.15) is 5.82 Å². The predicted octanol–water partition coefficient (Wildman–Crippen LogP) is 2.44. The third kappa shape index (κ3) is 4.11. The standard InChI is InChI=1S/C14H20FNO2/c1-9(8-13(16)10(2)14(17)18)7-11-5-3-4-6-12(11)15/h3-6,9-10,13H,7-8,16H2,1-2H3,(H,17,18). The quantitative estimate of drug-likeness (QED) is 0.818. The van der Waals surface area contributed by atoms with Gasteiger partial charge >= 0.3 is 5.97 Å². The molecule has 1 aromatic carbocycles. The lowest BCUT2D eigenvalue weighted by atomic mass is 9.89. The molecule has 100 valence electrons. The molecule has 0 fully saturated rings. The van der Waals surface area contributed by atoms with Gasteiger partial charge in [0.15, 0.2) is 0 Å². The third-order valence-electron chi connectivity index (χ3n) is 3.23. The molecule has 0 aromatic heterocycles. The van der Waals surface area contributed by atoms with Crippen LogP contribution < -0.4 is 5.73 Å². The molecule has 0 amide bonds. The van der Waals surface area contributed by atoms with Gasteiger partial charge in [-0.2, -0.15) is 0 Å². The number of nitrogens with two attached hydrogens (primary N) is 1. The zero-order chi connectivity index (χ0) is 13.7. The van der Waals surface area contributed by atoms with Gasteiger partial charge in [-0.25, -0.2) is 4.39 Å². The Morgan fingerprint density at radius 1 is 1.39 bits per heavy atom. The minimum absolute atomic E-state index is 0.152. The molecule has 1 aromatic rings. The maximum absolute atomic E-state index is 13.4. The zero-order valence-electron chi connectivity index (χ0n) is 10.8. The van der Waals surface area contributed by atoms with Gasteiger partial charge in [0.05, 0.1) is 5.92 Å². The van der Waals surface area contributed by atoms with Crippen LogP contribution in [0, 0.1) is 17.7 Å². The summed E-state index contributed by atoms with van der Waals surface area (Å²) >= 11 is 0. The van der Waals surface area contributed by atoms with Crippen molar-refractivity contribution in [1.29, 1.82) is 0 Å². The van der Waals surface area contributed by atoms with Crippen LogP contribution >= 0.6 is 0 Å². The van der Waals surface area contributed by atoms with Crippen LogP contribution in [0.2, 0.25) is 0 Å². The van der Waals surface area contributed by atoms with Gasteiger partial charge in [0.25, 0.3) is 0 Å². The molecule has 0 heterocycles. The Morgan fingerprint density at radius 3 is 2.56 bits per heavy atom. The fourth-order valence-electron chi connectivity index (χ4n) is 1.97. The summed E-state index contributed by atoms with van der Waals surface area (Å²) in [6, 6.07) is 6.23. The monoisotopic (exact) mass is 253 g/mol. The Morgan fingerprint density at radius 2 is 2.00 bits per heavy atom. The first-order chi connectivity index (χ1) is 8.41. The molecular weight excluding hydrogens is 233 g/mol. The van der Waals surface area contributed by atoms with Crippen molar-refractivity contribution in [3.8, 4) is 0 Å². The zero-order valence-corrected chi connectivity index (χ0v) is 10.8. The number of carbonyl (C=O) groups is 1. The SMILES string of the molecule is CC(Cc1ccccc1F)CC(N)C(C)C(=O)O. The lowest BCUT2D eigenvalue weighted by Crippen LogP contribution is -2.35. The second-order valence-electron chi connectivity index (χ2n) is 4.93. The smallest absolute Gasteiger partial charge is 0.307 e. The molecule has 0 aliphatic carbocycles. The van der Waals surface area contributed by atoms with E-state index in [-0.39, 0.29) is 11.7 Å². The Labute approximate surface area is 107 Å². The maximum Gasteiger partial charge on any atom is 0.307 e. The normalized spacial score (nSPS) is 16.0. The molecule has 0 spiro atoms. The fraction of sp³-hybridized carbons (Fsp3) is 0.500. The lowest BCUT2D eigenvalue weighted by molar-refractivity contribution is -0.141. The fourth-order valence-corrected chi connectivity index (χ4v) is 1.97. The van der Waals surface area contributed by atoms with Crippen LogP contribution in [-0.4, -0.2) is 17.1 Å². The summed E-state index contributed by atoms with van der Waals surface area (Å²) in [7, 11) is 0. The van der Waals surface area contributed by atoms with E-state index in [1.165, 1.54) is 6.07 Å². The molecule has 3 nitrogen and oxygen atoms in total. The van der Waals surface area contributed by atoms with Crippen molar-refractivity contribution in [2.45, 2.75) is 32.7 Å². The molecule has 3 N–H and O–H groups in total. The van der Waals surface area contributed by atoms with E-state index in [0.29, 0.717) is 18.4 Å². The van der Waals surface area contributed by atoms with Crippen molar-refractivity contribution in [3.05, 3.63) is 35.6 Å². The van der Waals surface area contributed by atoms with Gasteiger partial charge in [0, 0.05) is 6.04 Å². The predicted molar refractivity (Wildman–Crippen MR) is 68.7 cm³/mol. The molecule has 0 saturated heterocycles. The molecule has 4 heteroatoms. The number of benzene rings is 1. The first kappa shape index (κ1) is 14.6. The highest BCUT2D eigenvalue weighted by molar-refractivity contribution is 5.70. The van der Waals surface area contributed by atoms with Gasteiger partial charge in [-0.15, -0.1) is 0 Å². The van der Waals surface area contributed by atoms with Gasteiger partial charge in [-0.1, -0.05) is 32.0 Å². The second-order valence-corrected chi connectivity index (χ2v) is 4.93. The van der Waals surface area contributed by atoms with Crippen LogP contribution in [0.25, 0.3) is 0 Å². The van der Waals surface area contributed by atoms with Gasteiger partial charge in [-0.05, 0) is 30.4 Å². The van der Waals surface area contributed by atoms with E-state index in [1.807, 2.05) is 6.92 Å². The van der Waals surface area contributed by atoms with Crippen LogP contribution in [0.1, 0.15) is 25.8 Å².